The molecule has 0 radical (unpaired) electrons. The van der Waals surface area contributed by atoms with Crippen LogP contribution in [0.25, 0.3) is 16.9 Å². The number of para-hydroxylation sites is 1. The van der Waals surface area contributed by atoms with Crippen molar-refractivity contribution in [2.24, 2.45) is 13.0 Å². The molecule has 4 aromatic rings. The second kappa shape index (κ2) is 13.9. The molecule has 1 aliphatic heterocycles. The Hall–Kier alpha value is -4.48. The molecule has 11 heteroatoms. The maximum atomic E-state index is 13.9. The van der Waals surface area contributed by atoms with Crippen LogP contribution in [0.15, 0.2) is 77.7 Å². The summed E-state index contributed by atoms with van der Waals surface area (Å²) in [5.74, 6) is -3.03. The van der Waals surface area contributed by atoms with Gasteiger partial charge in [-0.1, -0.05) is 48.5 Å². The van der Waals surface area contributed by atoms with E-state index in [1.807, 2.05) is 55.5 Å². The fourth-order valence-corrected chi connectivity index (χ4v) is 7.03. The second-order valence-corrected chi connectivity index (χ2v) is 13.1. The Kier molecular flexibility index (Phi) is 9.70. The van der Waals surface area contributed by atoms with Crippen molar-refractivity contribution < 1.29 is 23.1 Å². The van der Waals surface area contributed by atoms with Crippen LogP contribution in [0.2, 0.25) is 0 Å². The molecule has 1 saturated heterocycles. The number of methoxy groups -OCH3 is 1. The number of halogens is 2. The molecular weight excluding hydrogens is 616 g/mol. The smallest absolute Gasteiger partial charge is 0.263 e. The van der Waals surface area contributed by atoms with Crippen molar-refractivity contribution in [1.82, 2.24) is 24.6 Å². The van der Waals surface area contributed by atoms with Gasteiger partial charge in [0.2, 0.25) is 0 Å². The van der Waals surface area contributed by atoms with Crippen molar-refractivity contribution in [1.29, 1.82) is 0 Å². The van der Waals surface area contributed by atoms with Crippen LogP contribution in [-0.2, 0) is 23.0 Å². The van der Waals surface area contributed by atoms with Gasteiger partial charge in [-0.05, 0) is 42.2 Å². The van der Waals surface area contributed by atoms with Gasteiger partial charge in [0.05, 0.1) is 23.7 Å². The third-order valence-corrected chi connectivity index (χ3v) is 9.58. The van der Waals surface area contributed by atoms with Crippen molar-refractivity contribution in [3.05, 3.63) is 106 Å². The van der Waals surface area contributed by atoms with Crippen LogP contribution in [0.5, 0.6) is 0 Å². The van der Waals surface area contributed by atoms with E-state index in [9.17, 15) is 23.2 Å². The number of rotatable bonds is 12. The van der Waals surface area contributed by atoms with E-state index in [1.54, 1.807) is 18.0 Å². The summed E-state index contributed by atoms with van der Waals surface area (Å²) in [4.78, 5) is 42.3. The highest BCUT2D eigenvalue weighted by Gasteiger charge is 2.46. The maximum absolute atomic E-state index is 13.9. The predicted octanol–water partition coefficient (Wildman–Crippen LogP) is 4.94. The van der Waals surface area contributed by atoms with Crippen LogP contribution in [0, 0.1) is 12.8 Å². The molecule has 48 heavy (non-hydrogen) atoms. The fourth-order valence-electron chi connectivity index (χ4n) is 7.03. The second-order valence-electron chi connectivity index (χ2n) is 13.1. The van der Waals surface area contributed by atoms with Gasteiger partial charge in [0.15, 0.2) is 0 Å². The lowest BCUT2D eigenvalue weighted by molar-refractivity contribution is -0.119. The highest BCUT2D eigenvalue weighted by atomic mass is 19.3. The van der Waals surface area contributed by atoms with E-state index in [0.717, 1.165) is 36.6 Å². The molecule has 0 bridgehead atoms. The van der Waals surface area contributed by atoms with Crippen LogP contribution in [-0.4, -0.2) is 76.3 Å². The topological polar surface area (TPSA) is 98.5 Å². The van der Waals surface area contributed by atoms with Gasteiger partial charge >= 0.3 is 0 Å². The molecule has 2 atom stereocenters. The maximum Gasteiger partial charge on any atom is 0.263 e. The van der Waals surface area contributed by atoms with Crippen LogP contribution >= 0.6 is 0 Å². The molecular formula is C37H41F2N5O4. The number of hydrogen-bond acceptors (Lipinski definition) is 6. The van der Waals surface area contributed by atoms with Crippen LogP contribution in [0.1, 0.15) is 52.4 Å². The summed E-state index contributed by atoms with van der Waals surface area (Å²) in [7, 11) is 3.23. The largest absolute Gasteiger partial charge is 0.383 e. The number of aromatic nitrogens is 3. The molecule has 2 aliphatic rings. The molecule has 1 aliphatic carbocycles. The number of pyridine rings is 1. The summed E-state index contributed by atoms with van der Waals surface area (Å²) in [6, 6.07) is 20.6. The normalized spacial score (nSPS) is 19.3. The minimum Gasteiger partial charge on any atom is -0.383 e. The lowest BCUT2D eigenvalue weighted by atomic mass is 9.85. The first-order chi connectivity index (χ1) is 23.0. The summed E-state index contributed by atoms with van der Waals surface area (Å²) in [6.07, 6.45) is 1.26. The van der Waals surface area contributed by atoms with Gasteiger partial charge in [0.1, 0.15) is 11.3 Å². The Balaban J connectivity index is 1.29. The van der Waals surface area contributed by atoms with Gasteiger partial charge < -0.3 is 19.5 Å². The van der Waals surface area contributed by atoms with Gasteiger partial charge in [-0.2, -0.15) is 5.10 Å². The van der Waals surface area contributed by atoms with Crippen LogP contribution in [0.3, 0.4) is 0 Å². The van der Waals surface area contributed by atoms with Crippen molar-refractivity contribution in [2.75, 3.05) is 33.4 Å². The molecule has 6 rings (SSSR count). The summed E-state index contributed by atoms with van der Waals surface area (Å²) < 4.78 is 35.2. The molecule has 0 unspecified atom stereocenters. The SMILES string of the molecule is COCCN1C[C@@H](CC(=O)Cc2c(C)c(-c3cc(C(=O)NC4CC(F)(F)C4)c(=O)n(C)c3)nn2-c2ccccc2)[C@H](c2ccccc2)C1. The minimum absolute atomic E-state index is 0.0964. The number of likely N-dealkylation sites (tertiary alicyclic amines) is 1. The number of ketones is 1. The summed E-state index contributed by atoms with van der Waals surface area (Å²) in [5.41, 5.74) is 3.82. The third kappa shape index (κ3) is 7.17. The summed E-state index contributed by atoms with van der Waals surface area (Å²) in [6.45, 7) is 4.99. The van der Waals surface area contributed by atoms with E-state index in [2.05, 4.69) is 22.3 Å². The van der Waals surface area contributed by atoms with Gasteiger partial charge in [0, 0.05) is 83.2 Å². The molecule has 2 fully saturated rings. The molecule has 3 heterocycles. The number of amides is 1. The van der Waals surface area contributed by atoms with E-state index in [1.165, 1.54) is 23.2 Å². The Labute approximate surface area is 278 Å². The zero-order valence-electron chi connectivity index (χ0n) is 27.5. The molecule has 1 N–H and O–H groups in total. The number of benzene rings is 2. The van der Waals surface area contributed by atoms with Crippen molar-refractivity contribution in [2.45, 2.75) is 50.5 Å². The van der Waals surface area contributed by atoms with E-state index in [0.29, 0.717) is 24.3 Å². The quantitative estimate of drug-likeness (QED) is 0.232. The van der Waals surface area contributed by atoms with Crippen molar-refractivity contribution in [3.8, 4) is 16.9 Å². The summed E-state index contributed by atoms with van der Waals surface area (Å²) >= 11 is 0. The average Bonchev–Trinajstić information content (AvgIpc) is 3.61. The monoisotopic (exact) mass is 657 g/mol. The van der Waals surface area contributed by atoms with E-state index >= 15 is 0 Å². The van der Waals surface area contributed by atoms with Gasteiger partial charge in [-0.15, -0.1) is 0 Å². The Morgan fingerprint density at radius 3 is 2.40 bits per heavy atom. The van der Waals surface area contributed by atoms with Gasteiger partial charge in [-0.3, -0.25) is 14.4 Å². The van der Waals surface area contributed by atoms with E-state index in [4.69, 9.17) is 9.84 Å². The standard InChI is InChI=1S/C37H41F2N5O4/c1-24-33(18-30(45)16-26-22-43(14-15-48-3)23-32(26)25-10-6-4-7-11-25)44(29-12-8-5-9-13-29)41-34(24)27-17-31(36(47)42(2)21-27)35(46)40-28-19-37(38,39)20-28/h4-13,17,21,26,28,32H,14-16,18-20,22-23H2,1-3H3,(H,40,46)/t26-,32+/m1/s1. The average molecular weight is 658 g/mol. The molecule has 0 spiro atoms. The first kappa shape index (κ1) is 33.4. The van der Waals surface area contributed by atoms with Gasteiger partial charge in [0.25, 0.3) is 17.4 Å². The molecule has 1 amide bonds. The number of ether oxygens (including phenoxy) is 1. The number of carbonyl (C=O) groups excluding carboxylic acids is 2. The number of Topliss-reactive ketones (excluding diaryl/α,β-unsaturated/α-hetero) is 1. The number of alkyl halides is 2. The van der Waals surface area contributed by atoms with Crippen LogP contribution < -0.4 is 10.9 Å². The van der Waals surface area contributed by atoms with Crippen LogP contribution in [0.4, 0.5) is 8.78 Å². The lowest BCUT2D eigenvalue weighted by Gasteiger charge is -2.35. The highest BCUT2D eigenvalue weighted by molar-refractivity contribution is 5.95. The first-order valence-electron chi connectivity index (χ1n) is 16.3. The zero-order valence-corrected chi connectivity index (χ0v) is 27.5. The fraction of sp³-hybridized carbons (Fsp3) is 0.405. The minimum atomic E-state index is -2.80. The Morgan fingerprint density at radius 2 is 1.73 bits per heavy atom. The summed E-state index contributed by atoms with van der Waals surface area (Å²) in [5, 5.41) is 7.49. The molecule has 2 aromatic heterocycles. The highest BCUT2D eigenvalue weighted by Crippen LogP contribution is 2.38. The lowest BCUT2D eigenvalue weighted by Crippen LogP contribution is -2.51. The van der Waals surface area contributed by atoms with E-state index < -0.39 is 36.3 Å². The Morgan fingerprint density at radius 1 is 1.04 bits per heavy atom. The number of nitrogens with zero attached hydrogens (tertiary/aromatic N) is 4. The number of hydrogen-bond donors (Lipinski definition) is 1. The number of aryl methyl sites for hydroxylation is 1. The number of carbonyl (C=O) groups is 2. The number of nitrogens with one attached hydrogen (secondary N) is 1. The third-order valence-electron chi connectivity index (χ3n) is 9.58. The van der Waals surface area contributed by atoms with E-state index in [-0.39, 0.29) is 29.6 Å². The Bertz CT molecular complexity index is 1830. The zero-order chi connectivity index (χ0) is 34.0. The molecule has 252 valence electrons. The van der Waals surface area contributed by atoms with Crippen molar-refractivity contribution in [3.63, 3.8) is 0 Å². The van der Waals surface area contributed by atoms with Gasteiger partial charge in [-0.25, -0.2) is 13.5 Å². The molecule has 9 nitrogen and oxygen atoms in total. The molecule has 1 saturated carbocycles. The predicted molar refractivity (Wildman–Crippen MR) is 179 cm³/mol. The first-order valence-corrected chi connectivity index (χ1v) is 16.3. The molecule has 2 aromatic carbocycles. The van der Waals surface area contributed by atoms with Crippen molar-refractivity contribution >= 4 is 11.7 Å².